The summed E-state index contributed by atoms with van der Waals surface area (Å²) in [6.45, 7) is 0.347. The molecular weight excluding hydrogens is 286 g/mol. The van der Waals surface area contributed by atoms with Crippen molar-refractivity contribution in [2.45, 2.75) is 6.54 Å². The number of carbonyl (C=O) groups excluding carboxylic acids is 1. The zero-order valence-corrected chi connectivity index (χ0v) is 11.1. The van der Waals surface area contributed by atoms with Crippen LogP contribution < -0.4 is 5.32 Å². The molecule has 0 spiro atoms. The maximum Gasteiger partial charge on any atom is 0.251 e. The lowest BCUT2D eigenvalue weighted by molar-refractivity contribution is 0.0951. The molecule has 0 bridgehead atoms. The van der Waals surface area contributed by atoms with E-state index in [-0.39, 0.29) is 5.91 Å². The zero-order valence-electron chi connectivity index (χ0n) is 9.58. The van der Waals surface area contributed by atoms with Crippen LogP contribution >= 0.6 is 22.9 Å². The molecule has 0 saturated heterocycles. The number of carbonyl (C=O) groups is 1. The van der Waals surface area contributed by atoms with E-state index in [4.69, 9.17) is 11.6 Å². The van der Waals surface area contributed by atoms with Crippen LogP contribution in [0.3, 0.4) is 0 Å². The van der Waals surface area contributed by atoms with Gasteiger partial charge in [0.15, 0.2) is 0 Å². The van der Waals surface area contributed by atoms with Crippen LogP contribution in [0, 0.1) is 0 Å². The fraction of sp³-hybridized carbons (Fsp3) is 0.0909. The number of benzene rings is 1. The fourth-order valence-corrected chi connectivity index (χ4v) is 2.50. The molecule has 1 N–H and O–H groups in total. The van der Waals surface area contributed by atoms with Gasteiger partial charge in [0, 0.05) is 10.6 Å². The molecule has 0 radical (unpaired) electrons. The van der Waals surface area contributed by atoms with Crippen LogP contribution in [0.2, 0.25) is 5.02 Å². The summed E-state index contributed by atoms with van der Waals surface area (Å²) in [6.07, 6.45) is 1.52. The molecule has 0 aliphatic rings. The Morgan fingerprint density at radius 2 is 2.37 bits per heavy atom. The van der Waals surface area contributed by atoms with Crippen molar-refractivity contribution >= 4 is 33.8 Å². The second-order valence-electron chi connectivity index (χ2n) is 3.75. The number of halogens is 1. The average Bonchev–Trinajstić information content (AvgIpc) is 2.96. The second kappa shape index (κ2) is 4.94. The number of amides is 1. The first-order valence-corrected chi connectivity index (χ1v) is 6.61. The summed E-state index contributed by atoms with van der Waals surface area (Å²) < 4.78 is 1.57. The van der Waals surface area contributed by atoms with Crippen LogP contribution in [-0.2, 0) is 6.54 Å². The van der Waals surface area contributed by atoms with E-state index < -0.39 is 0 Å². The lowest BCUT2D eigenvalue weighted by Crippen LogP contribution is -2.22. The highest BCUT2D eigenvalue weighted by Crippen LogP contribution is 2.13. The molecular formula is C11H8ClN5OS. The van der Waals surface area contributed by atoms with E-state index in [0.29, 0.717) is 22.1 Å². The first kappa shape index (κ1) is 12.1. The molecule has 3 rings (SSSR count). The minimum absolute atomic E-state index is 0.187. The molecule has 2 aromatic heterocycles. The summed E-state index contributed by atoms with van der Waals surface area (Å²) in [4.78, 5) is 12.6. The van der Waals surface area contributed by atoms with Crippen molar-refractivity contribution in [3.8, 4) is 0 Å². The van der Waals surface area contributed by atoms with Crippen LogP contribution in [0.15, 0.2) is 30.6 Å². The van der Waals surface area contributed by atoms with Gasteiger partial charge in [-0.2, -0.15) is 9.61 Å². The number of rotatable bonds is 3. The molecule has 3 aromatic rings. The quantitative estimate of drug-likeness (QED) is 0.799. The van der Waals surface area contributed by atoms with Gasteiger partial charge in [-0.1, -0.05) is 29.0 Å². The van der Waals surface area contributed by atoms with Gasteiger partial charge in [0.25, 0.3) is 5.91 Å². The predicted molar refractivity (Wildman–Crippen MR) is 71.3 cm³/mol. The van der Waals surface area contributed by atoms with Crippen LogP contribution in [0.1, 0.15) is 15.4 Å². The Bertz CT molecular complexity index is 709. The number of aromatic nitrogens is 4. The van der Waals surface area contributed by atoms with Crippen LogP contribution in [-0.4, -0.2) is 25.7 Å². The largest absolute Gasteiger partial charge is 0.345 e. The highest BCUT2D eigenvalue weighted by molar-refractivity contribution is 7.16. The van der Waals surface area contributed by atoms with Gasteiger partial charge < -0.3 is 5.32 Å². The molecule has 96 valence electrons. The topological polar surface area (TPSA) is 72.2 Å². The lowest BCUT2D eigenvalue weighted by Gasteiger charge is -2.02. The summed E-state index contributed by atoms with van der Waals surface area (Å²) in [5, 5.41) is 15.9. The maximum absolute atomic E-state index is 11.9. The second-order valence-corrected chi connectivity index (χ2v) is 5.22. The molecule has 0 unspecified atom stereocenters. The van der Waals surface area contributed by atoms with Gasteiger partial charge >= 0.3 is 0 Å². The van der Waals surface area contributed by atoms with Crippen molar-refractivity contribution in [1.82, 2.24) is 25.1 Å². The molecule has 0 fully saturated rings. The molecule has 0 saturated carbocycles. The summed E-state index contributed by atoms with van der Waals surface area (Å²) in [5.74, 6) is -0.187. The molecule has 0 aliphatic carbocycles. The Hall–Kier alpha value is -1.99. The Labute approximate surface area is 117 Å². The Morgan fingerprint density at radius 1 is 1.47 bits per heavy atom. The molecule has 6 nitrogen and oxygen atoms in total. The van der Waals surface area contributed by atoms with Gasteiger partial charge in [-0.3, -0.25) is 4.79 Å². The molecule has 2 heterocycles. The van der Waals surface area contributed by atoms with E-state index in [1.165, 1.54) is 17.7 Å². The third-order valence-electron chi connectivity index (χ3n) is 2.42. The standard InChI is InChI=1S/C11H8ClN5OS/c12-8-3-1-2-7(4-8)10(18)13-5-9-16-17-6-14-15-11(17)19-9/h1-4,6H,5H2,(H,13,18). The van der Waals surface area contributed by atoms with Crippen molar-refractivity contribution in [1.29, 1.82) is 0 Å². The van der Waals surface area contributed by atoms with Crippen LogP contribution in [0.5, 0.6) is 0 Å². The van der Waals surface area contributed by atoms with E-state index in [1.807, 2.05) is 0 Å². The molecule has 0 atom stereocenters. The van der Waals surface area contributed by atoms with Gasteiger partial charge in [-0.05, 0) is 18.2 Å². The molecule has 19 heavy (non-hydrogen) atoms. The van der Waals surface area contributed by atoms with Crippen molar-refractivity contribution in [3.05, 3.63) is 46.2 Å². The van der Waals surface area contributed by atoms with Gasteiger partial charge in [0.1, 0.15) is 11.3 Å². The zero-order chi connectivity index (χ0) is 13.2. The maximum atomic E-state index is 11.9. The van der Waals surface area contributed by atoms with Crippen LogP contribution in [0.4, 0.5) is 0 Å². The minimum Gasteiger partial charge on any atom is -0.345 e. The van der Waals surface area contributed by atoms with E-state index in [1.54, 1.807) is 28.8 Å². The SMILES string of the molecule is O=C(NCc1nn2cnnc2s1)c1cccc(Cl)c1. The van der Waals surface area contributed by atoms with Crippen molar-refractivity contribution < 1.29 is 4.79 Å². The van der Waals surface area contributed by atoms with E-state index in [2.05, 4.69) is 20.6 Å². The van der Waals surface area contributed by atoms with Gasteiger partial charge in [-0.15, -0.1) is 10.2 Å². The van der Waals surface area contributed by atoms with Crippen molar-refractivity contribution in [2.75, 3.05) is 0 Å². The Balaban J connectivity index is 1.69. The molecule has 0 aliphatic heterocycles. The number of nitrogens with zero attached hydrogens (tertiary/aromatic N) is 4. The number of nitrogens with one attached hydrogen (secondary N) is 1. The summed E-state index contributed by atoms with van der Waals surface area (Å²) >= 11 is 7.22. The van der Waals surface area contributed by atoms with Gasteiger partial charge in [-0.25, -0.2) is 0 Å². The highest BCUT2D eigenvalue weighted by atomic mass is 35.5. The first-order chi connectivity index (χ1) is 9.22. The Kier molecular flexibility index (Phi) is 3.14. The predicted octanol–water partition coefficient (Wildman–Crippen LogP) is 1.77. The summed E-state index contributed by atoms with van der Waals surface area (Å²) in [7, 11) is 0. The number of hydrogen-bond acceptors (Lipinski definition) is 5. The van der Waals surface area contributed by atoms with Crippen molar-refractivity contribution in [2.24, 2.45) is 0 Å². The van der Waals surface area contributed by atoms with Crippen LogP contribution in [0.25, 0.3) is 4.96 Å². The molecule has 1 amide bonds. The fourth-order valence-electron chi connectivity index (χ4n) is 1.56. The third kappa shape index (κ3) is 2.56. The van der Waals surface area contributed by atoms with E-state index in [9.17, 15) is 4.79 Å². The third-order valence-corrected chi connectivity index (χ3v) is 3.56. The highest BCUT2D eigenvalue weighted by Gasteiger charge is 2.09. The smallest absolute Gasteiger partial charge is 0.251 e. The molecule has 8 heteroatoms. The average molecular weight is 294 g/mol. The Morgan fingerprint density at radius 3 is 3.16 bits per heavy atom. The monoisotopic (exact) mass is 293 g/mol. The van der Waals surface area contributed by atoms with Gasteiger partial charge in [0.05, 0.1) is 6.54 Å². The van der Waals surface area contributed by atoms with E-state index in [0.717, 1.165) is 5.01 Å². The normalized spacial score (nSPS) is 10.8. The van der Waals surface area contributed by atoms with E-state index >= 15 is 0 Å². The first-order valence-electron chi connectivity index (χ1n) is 5.42. The van der Waals surface area contributed by atoms with Crippen molar-refractivity contribution in [3.63, 3.8) is 0 Å². The minimum atomic E-state index is -0.187. The number of hydrogen-bond donors (Lipinski definition) is 1. The summed E-state index contributed by atoms with van der Waals surface area (Å²) in [5.41, 5.74) is 0.524. The number of fused-ring (bicyclic) bond motifs is 1. The summed E-state index contributed by atoms with van der Waals surface area (Å²) in [6, 6.07) is 6.79. The lowest BCUT2D eigenvalue weighted by atomic mass is 10.2. The van der Waals surface area contributed by atoms with Gasteiger partial charge in [0.2, 0.25) is 4.96 Å². The molecule has 1 aromatic carbocycles.